The van der Waals surface area contributed by atoms with Crippen molar-refractivity contribution < 1.29 is 14.3 Å². The van der Waals surface area contributed by atoms with Crippen molar-refractivity contribution in [3.63, 3.8) is 0 Å². The van der Waals surface area contributed by atoms with E-state index in [1.807, 2.05) is 0 Å². The molecule has 0 radical (unpaired) electrons. The van der Waals surface area contributed by atoms with Crippen LogP contribution in [0.1, 0.15) is 0 Å². The van der Waals surface area contributed by atoms with Gasteiger partial charge in [0.1, 0.15) is 6.04 Å². The Hall–Kier alpha value is -0.130. The summed E-state index contributed by atoms with van der Waals surface area (Å²) in [5.74, 6) is -0.250. The van der Waals surface area contributed by atoms with Crippen LogP contribution in [0.2, 0.25) is 0 Å². The average molecular weight is 226 g/mol. The molecule has 0 spiro atoms. The molecule has 0 saturated carbocycles. The van der Waals surface area contributed by atoms with Gasteiger partial charge >= 0.3 is 5.97 Å². The molecular weight excluding hydrogens is 214 g/mol. The first kappa shape index (κ1) is 10.9. The molecule has 11 heavy (non-hydrogen) atoms. The van der Waals surface area contributed by atoms with Gasteiger partial charge in [0.05, 0.1) is 20.3 Å². The highest BCUT2D eigenvalue weighted by Gasteiger charge is 2.20. The lowest BCUT2D eigenvalue weighted by Crippen LogP contribution is -2.46. The van der Waals surface area contributed by atoms with Gasteiger partial charge in [-0.25, -0.2) is 0 Å². The Labute approximate surface area is 76.0 Å². The van der Waals surface area contributed by atoms with Crippen LogP contribution in [0.3, 0.4) is 0 Å². The molecule has 0 aliphatic carbocycles. The first-order valence-electron chi connectivity index (χ1n) is 3.23. The minimum Gasteiger partial charge on any atom is -0.468 e. The first-order valence-corrected chi connectivity index (χ1v) is 3.23. The molecule has 1 N–H and O–H groups in total. The molecule has 1 atom stereocenters. The topological polar surface area (TPSA) is 47.6 Å². The number of morpholine rings is 1. The number of hydrogen-bond donors (Lipinski definition) is 1. The Morgan fingerprint density at radius 1 is 1.73 bits per heavy atom. The molecule has 1 rings (SSSR count). The largest absolute Gasteiger partial charge is 0.468 e. The third kappa shape index (κ3) is 3.18. The van der Waals surface area contributed by atoms with E-state index in [2.05, 4.69) is 10.1 Å². The highest BCUT2D eigenvalue weighted by Crippen LogP contribution is 1.94. The van der Waals surface area contributed by atoms with Crippen LogP contribution in [0.15, 0.2) is 0 Å². The van der Waals surface area contributed by atoms with Crippen molar-refractivity contribution in [1.82, 2.24) is 5.32 Å². The molecular formula is C6H12BrNO3. The number of rotatable bonds is 1. The summed E-state index contributed by atoms with van der Waals surface area (Å²) in [5, 5.41) is 2.97. The summed E-state index contributed by atoms with van der Waals surface area (Å²) in [6.45, 7) is 1.82. The molecule has 1 aliphatic rings. The Morgan fingerprint density at radius 2 is 2.45 bits per heavy atom. The van der Waals surface area contributed by atoms with Gasteiger partial charge in [-0.2, -0.15) is 0 Å². The van der Waals surface area contributed by atoms with Crippen molar-refractivity contribution in [2.24, 2.45) is 0 Å². The lowest BCUT2D eigenvalue weighted by atomic mass is 10.3. The van der Waals surface area contributed by atoms with Gasteiger partial charge in [-0.15, -0.1) is 17.0 Å². The minimum atomic E-state index is -0.265. The van der Waals surface area contributed by atoms with Crippen molar-refractivity contribution in [3.05, 3.63) is 0 Å². The summed E-state index contributed by atoms with van der Waals surface area (Å²) in [4.78, 5) is 10.8. The summed E-state index contributed by atoms with van der Waals surface area (Å²) in [6.07, 6.45) is 0. The number of carbonyl (C=O) groups excluding carboxylic acids is 1. The second kappa shape index (κ2) is 5.51. The first-order chi connectivity index (χ1) is 4.84. The number of nitrogens with one attached hydrogen (secondary N) is 1. The zero-order chi connectivity index (χ0) is 7.40. The molecule has 0 amide bonds. The monoisotopic (exact) mass is 225 g/mol. The maximum atomic E-state index is 10.8. The van der Waals surface area contributed by atoms with Crippen LogP contribution >= 0.6 is 17.0 Å². The van der Waals surface area contributed by atoms with Crippen LogP contribution in [0.4, 0.5) is 0 Å². The fourth-order valence-corrected chi connectivity index (χ4v) is 0.859. The van der Waals surface area contributed by atoms with E-state index in [9.17, 15) is 4.79 Å². The quantitative estimate of drug-likeness (QED) is 0.625. The Kier molecular flexibility index (Phi) is 5.45. The SMILES string of the molecule is Br.COC(=O)[C@@H]1COCCN1. The van der Waals surface area contributed by atoms with Crippen LogP contribution in [0.25, 0.3) is 0 Å². The van der Waals surface area contributed by atoms with Crippen molar-refractivity contribution in [2.45, 2.75) is 6.04 Å². The average Bonchev–Trinajstić information content (AvgIpc) is 2.05. The minimum absolute atomic E-state index is 0. The maximum absolute atomic E-state index is 10.8. The van der Waals surface area contributed by atoms with Crippen molar-refractivity contribution in [2.75, 3.05) is 26.9 Å². The van der Waals surface area contributed by atoms with Crippen LogP contribution in [0, 0.1) is 0 Å². The third-order valence-corrected chi connectivity index (χ3v) is 1.41. The molecule has 0 aromatic carbocycles. The van der Waals surface area contributed by atoms with Gasteiger partial charge in [-0.1, -0.05) is 0 Å². The maximum Gasteiger partial charge on any atom is 0.325 e. The fourth-order valence-electron chi connectivity index (χ4n) is 0.859. The van der Waals surface area contributed by atoms with Gasteiger partial charge < -0.3 is 14.8 Å². The molecule has 1 heterocycles. The number of hydrogen-bond acceptors (Lipinski definition) is 4. The number of methoxy groups -OCH3 is 1. The second-order valence-corrected chi connectivity index (χ2v) is 2.10. The van der Waals surface area contributed by atoms with Crippen LogP contribution < -0.4 is 5.32 Å². The van der Waals surface area contributed by atoms with Gasteiger partial charge in [0.15, 0.2) is 0 Å². The van der Waals surface area contributed by atoms with E-state index >= 15 is 0 Å². The molecule has 1 saturated heterocycles. The smallest absolute Gasteiger partial charge is 0.325 e. The summed E-state index contributed by atoms with van der Waals surface area (Å²) >= 11 is 0. The Bertz CT molecular complexity index is 125. The zero-order valence-corrected chi connectivity index (χ0v) is 8.04. The van der Waals surface area contributed by atoms with Gasteiger partial charge in [0, 0.05) is 6.54 Å². The van der Waals surface area contributed by atoms with Crippen LogP contribution in [0.5, 0.6) is 0 Å². The number of ether oxygens (including phenoxy) is 2. The molecule has 1 aliphatic heterocycles. The van der Waals surface area contributed by atoms with Crippen LogP contribution in [-0.4, -0.2) is 38.9 Å². The molecule has 0 unspecified atom stereocenters. The molecule has 0 aromatic heterocycles. The van der Waals surface area contributed by atoms with E-state index in [0.29, 0.717) is 13.2 Å². The molecule has 5 heteroatoms. The van der Waals surface area contributed by atoms with E-state index in [0.717, 1.165) is 6.54 Å². The van der Waals surface area contributed by atoms with Gasteiger partial charge in [0.25, 0.3) is 0 Å². The van der Waals surface area contributed by atoms with Crippen molar-refractivity contribution in [3.8, 4) is 0 Å². The number of halogens is 1. The summed E-state index contributed by atoms with van der Waals surface area (Å²) in [5.41, 5.74) is 0. The lowest BCUT2D eigenvalue weighted by molar-refractivity contribution is -0.146. The molecule has 66 valence electrons. The van der Waals surface area contributed by atoms with Crippen molar-refractivity contribution in [1.29, 1.82) is 0 Å². The fraction of sp³-hybridized carbons (Fsp3) is 0.833. The van der Waals surface area contributed by atoms with E-state index in [-0.39, 0.29) is 29.0 Å². The van der Waals surface area contributed by atoms with E-state index < -0.39 is 0 Å². The zero-order valence-electron chi connectivity index (χ0n) is 6.33. The van der Waals surface area contributed by atoms with Gasteiger partial charge in [-0.05, 0) is 0 Å². The second-order valence-electron chi connectivity index (χ2n) is 2.10. The van der Waals surface area contributed by atoms with E-state index in [1.54, 1.807) is 0 Å². The molecule has 1 fully saturated rings. The van der Waals surface area contributed by atoms with E-state index in [4.69, 9.17) is 4.74 Å². The van der Waals surface area contributed by atoms with Gasteiger partial charge in [0.2, 0.25) is 0 Å². The summed E-state index contributed by atoms with van der Waals surface area (Å²) in [7, 11) is 1.37. The van der Waals surface area contributed by atoms with E-state index in [1.165, 1.54) is 7.11 Å². The van der Waals surface area contributed by atoms with Crippen molar-refractivity contribution >= 4 is 23.0 Å². The Morgan fingerprint density at radius 3 is 2.91 bits per heavy atom. The Balaban J connectivity index is 0.000001000. The van der Waals surface area contributed by atoms with Crippen LogP contribution in [-0.2, 0) is 14.3 Å². The highest BCUT2D eigenvalue weighted by molar-refractivity contribution is 8.93. The predicted octanol–water partition coefficient (Wildman–Crippen LogP) is -0.274. The summed E-state index contributed by atoms with van der Waals surface area (Å²) in [6, 6.07) is -0.265. The lowest BCUT2D eigenvalue weighted by Gasteiger charge is -2.20. The normalized spacial score (nSPS) is 23.5. The van der Waals surface area contributed by atoms with Gasteiger partial charge in [-0.3, -0.25) is 4.79 Å². The third-order valence-electron chi connectivity index (χ3n) is 1.41. The molecule has 0 aromatic rings. The highest BCUT2D eigenvalue weighted by atomic mass is 79.9. The predicted molar refractivity (Wildman–Crippen MR) is 44.9 cm³/mol. The standard InChI is InChI=1S/C6H11NO3.BrH/c1-9-6(8)5-4-10-3-2-7-5;/h5,7H,2-4H2,1H3;1H/t5-;/m0./s1. The molecule has 4 nitrogen and oxygen atoms in total. The molecule has 0 bridgehead atoms. The summed E-state index contributed by atoms with van der Waals surface area (Å²) < 4.78 is 9.55. The number of esters is 1. The number of carbonyl (C=O) groups is 1.